The largest absolute Gasteiger partial charge is 0.352 e. The summed E-state index contributed by atoms with van der Waals surface area (Å²) in [5, 5.41) is 3.00. The summed E-state index contributed by atoms with van der Waals surface area (Å²) in [6, 6.07) is 5.35. The first-order chi connectivity index (χ1) is 12.3. The number of carbonyl (C=O) groups excluding carboxylic acids is 2. The highest BCUT2D eigenvalue weighted by Gasteiger charge is 2.39. The van der Waals surface area contributed by atoms with Crippen LogP contribution in [0, 0.1) is 5.92 Å². The molecule has 2 fully saturated rings. The lowest BCUT2D eigenvalue weighted by Gasteiger charge is -2.34. The number of hydrogen-bond donors (Lipinski definition) is 1. The topological polar surface area (TPSA) is 83.6 Å². The molecule has 0 radical (unpaired) electrons. The van der Waals surface area contributed by atoms with E-state index in [4.69, 9.17) is 0 Å². The molecule has 0 aromatic heterocycles. The number of nitrogens with zero attached hydrogens (tertiary/aromatic N) is 1. The summed E-state index contributed by atoms with van der Waals surface area (Å²) < 4.78 is 27.5. The van der Waals surface area contributed by atoms with Crippen LogP contribution in [-0.4, -0.2) is 43.0 Å². The molecule has 1 heterocycles. The third kappa shape index (κ3) is 3.99. The van der Waals surface area contributed by atoms with E-state index in [2.05, 4.69) is 5.32 Å². The number of benzene rings is 1. The molecule has 1 aliphatic heterocycles. The van der Waals surface area contributed by atoms with Gasteiger partial charge >= 0.3 is 0 Å². The van der Waals surface area contributed by atoms with Crippen LogP contribution < -0.4 is 5.32 Å². The minimum atomic E-state index is -3.78. The number of nitrogens with one attached hydrogen (secondary N) is 1. The number of carbonyl (C=O) groups is 2. The maximum absolute atomic E-state index is 13.1. The summed E-state index contributed by atoms with van der Waals surface area (Å²) in [6.45, 7) is 3.76. The fourth-order valence-electron chi connectivity index (χ4n) is 3.49. The molecule has 3 rings (SSSR count). The van der Waals surface area contributed by atoms with Gasteiger partial charge in [0.05, 0.1) is 4.90 Å². The van der Waals surface area contributed by atoms with Crippen LogP contribution in [0.2, 0.25) is 0 Å². The van der Waals surface area contributed by atoms with Gasteiger partial charge in [0.25, 0.3) is 0 Å². The zero-order valence-electron chi connectivity index (χ0n) is 15.3. The first kappa shape index (κ1) is 19.0. The highest BCUT2D eigenvalue weighted by atomic mass is 32.2. The molecule has 0 bridgehead atoms. The molecule has 26 heavy (non-hydrogen) atoms. The van der Waals surface area contributed by atoms with E-state index in [0.717, 1.165) is 25.7 Å². The molecule has 1 saturated carbocycles. The van der Waals surface area contributed by atoms with Gasteiger partial charge < -0.3 is 5.32 Å². The predicted octanol–water partition coefficient (Wildman–Crippen LogP) is 2.35. The number of sulfonamides is 1. The third-order valence-electron chi connectivity index (χ3n) is 5.32. The number of Topliss-reactive ketones (excluding diaryl/α,β-unsaturated/α-hetero) is 1. The van der Waals surface area contributed by atoms with Crippen molar-refractivity contribution in [3.8, 4) is 0 Å². The Labute approximate surface area is 155 Å². The van der Waals surface area contributed by atoms with Crippen LogP contribution in [0.3, 0.4) is 0 Å². The van der Waals surface area contributed by atoms with Crippen molar-refractivity contribution in [2.75, 3.05) is 6.54 Å². The van der Waals surface area contributed by atoms with Crippen molar-refractivity contribution < 1.29 is 18.0 Å². The molecule has 2 aliphatic rings. The number of hydrogen-bond acceptors (Lipinski definition) is 4. The van der Waals surface area contributed by atoms with Crippen LogP contribution in [0.5, 0.6) is 0 Å². The Hall–Kier alpha value is -1.73. The van der Waals surface area contributed by atoms with E-state index >= 15 is 0 Å². The van der Waals surface area contributed by atoms with E-state index in [1.54, 1.807) is 0 Å². The van der Waals surface area contributed by atoms with Gasteiger partial charge in [0.15, 0.2) is 5.78 Å². The molecule has 1 aromatic carbocycles. The van der Waals surface area contributed by atoms with Gasteiger partial charge in [-0.3, -0.25) is 9.59 Å². The van der Waals surface area contributed by atoms with E-state index in [1.165, 1.54) is 35.5 Å². The van der Waals surface area contributed by atoms with E-state index < -0.39 is 16.1 Å². The minimum Gasteiger partial charge on any atom is -0.352 e. The van der Waals surface area contributed by atoms with Gasteiger partial charge in [-0.1, -0.05) is 18.6 Å². The fraction of sp³-hybridized carbons (Fsp3) is 0.579. The van der Waals surface area contributed by atoms with Crippen molar-refractivity contribution in [2.45, 2.75) is 62.9 Å². The molecule has 1 aromatic rings. The van der Waals surface area contributed by atoms with Crippen LogP contribution in [0.4, 0.5) is 0 Å². The van der Waals surface area contributed by atoms with E-state index in [9.17, 15) is 18.0 Å². The Morgan fingerprint density at radius 3 is 2.35 bits per heavy atom. The predicted molar refractivity (Wildman–Crippen MR) is 98.3 cm³/mol. The second kappa shape index (κ2) is 7.48. The van der Waals surface area contributed by atoms with Gasteiger partial charge in [-0.25, -0.2) is 8.42 Å². The molecule has 6 nitrogen and oxygen atoms in total. The van der Waals surface area contributed by atoms with Crippen molar-refractivity contribution >= 4 is 21.7 Å². The standard InChI is InChI=1S/C19H26N2O4S/c1-13(15-6-7-15)20-19(23)18-5-3-4-12-21(18)26(24,25)17-10-8-16(9-11-17)14(2)22/h8-11,13,15,18H,3-7,12H2,1-2H3,(H,20,23)/t13-,18+/m0/s1. The molecule has 7 heteroatoms. The number of ketones is 1. The summed E-state index contributed by atoms with van der Waals surface area (Å²) in [5.41, 5.74) is 0.468. The molecule has 1 saturated heterocycles. The lowest BCUT2D eigenvalue weighted by molar-refractivity contribution is -0.126. The average Bonchev–Trinajstić information content (AvgIpc) is 3.47. The Morgan fingerprint density at radius 2 is 1.77 bits per heavy atom. The van der Waals surface area contributed by atoms with E-state index in [-0.39, 0.29) is 22.6 Å². The zero-order chi connectivity index (χ0) is 18.9. The highest BCUT2D eigenvalue weighted by Crippen LogP contribution is 2.33. The Morgan fingerprint density at radius 1 is 1.12 bits per heavy atom. The van der Waals surface area contributed by atoms with Gasteiger partial charge in [0, 0.05) is 18.2 Å². The Bertz CT molecular complexity index is 784. The molecule has 142 valence electrons. The fourth-order valence-corrected chi connectivity index (χ4v) is 5.14. The van der Waals surface area contributed by atoms with Crippen LogP contribution in [0.25, 0.3) is 0 Å². The summed E-state index contributed by atoms with van der Waals surface area (Å²) in [4.78, 5) is 24.2. The van der Waals surface area contributed by atoms with E-state index in [0.29, 0.717) is 24.4 Å². The normalized spacial score (nSPS) is 22.6. The molecular weight excluding hydrogens is 352 g/mol. The quantitative estimate of drug-likeness (QED) is 0.770. The summed E-state index contributed by atoms with van der Waals surface area (Å²) in [6.07, 6.45) is 4.36. The number of piperidine rings is 1. The van der Waals surface area contributed by atoms with Crippen LogP contribution in [0.15, 0.2) is 29.2 Å². The van der Waals surface area contributed by atoms with Crippen molar-refractivity contribution in [2.24, 2.45) is 5.92 Å². The second-order valence-corrected chi connectivity index (χ2v) is 9.23. The summed E-state index contributed by atoms with van der Waals surface area (Å²) in [7, 11) is -3.78. The third-order valence-corrected chi connectivity index (χ3v) is 7.25. The van der Waals surface area contributed by atoms with Crippen LogP contribution in [-0.2, 0) is 14.8 Å². The van der Waals surface area contributed by atoms with Crippen LogP contribution in [0.1, 0.15) is 56.3 Å². The highest BCUT2D eigenvalue weighted by molar-refractivity contribution is 7.89. The monoisotopic (exact) mass is 378 g/mol. The van der Waals surface area contributed by atoms with Crippen molar-refractivity contribution in [1.82, 2.24) is 9.62 Å². The number of rotatable bonds is 6. The Balaban J connectivity index is 1.80. The summed E-state index contributed by atoms with van der Waals surface area (Å²) in [5.74, 6) is 0.206. The van der Waals surface area contributed by atoms with Gasteiger partial charge in [-0.05, 0) is 57.6 Å². The Kier molecular flexibility index (Phi) is 5.48. The van der Waals surface area contributed by atoms with Crippen molar-refractivity contribution in [3.05, 3.63) is 29.8 Å². The number of amides is 1. The summed E-state index contributed by atoms with van der Waals surface area (Å²) >= 11 is 0. The van der Waals surface area contributed by atoms with Gasteiger partial charge in [-0.15, -0.1) is 0 Å². The minimum absolute atomic E-state index is 0.0869. The van der Waals surface area contributed by atoms with Crippen molar-refractivity contribution in [3.63, 3.8) is 0 Å². The lowest BCUT2D eigenvalue weighted by Crippen LogP contribution is -2.53. The molecule has 1 aliphatic carbocycles. The molecule has 1 N–H and O–H groups in total. The first-order valence-corrected chi connectivity index (χ1v) is 10.7. The molecule has 0 unspecified atom stereocenters. The van der Waals surface area contributed by atoms with Gasteiger partial charge in [0.2, 0.25) is 15.9 Å². The zero-order valence-corrected chi connectivity index (χ0v) is 16.1. The molecule has 2 atom stereocenters. The lowest BCUT2D eigenvalue weighted by atomic mass is 10.0. The molecule has 1 amide bonds. The van der Waals surface area contributed by atoms with Crippen molar-refractivity contribution in [1.29, 1.82) is 0 Å². The maximum atomic E-state index is 13.1. The average molecular weight is 378 g/mol. The van der Waals surface area contributed by atoms with E-state index in [1.807, 2.05) is 6.92 Å². The second-order valence-electron chi connectivity index (χ2n) is 7.34. The van der Waals surface area contributed by atoms with Gasteiger partial charge in [-0.2, -0.15) is 4.31 Å². The van der Waals surface area contributed by atoms with Gasteiger partial charge in [0.1, 0.15) is 6.04 Å². The smallest absolute Gasteiger partial charge is 0.243 e. The SMILES string of the molecule is CC(=O)c1ccc(S(=O)(=O)N2CCCC[C@@H]2C(=O)N[C@@H](C)C2CC2)cc1. The maximum Gasteiger partial charge on any atom is 0.243 e. The van der Waals surface area contributed by atoms with Crippen LogP contribution >= 0.6 is 0 Å². The molecule has 0 spiro atoms. The molecular formula is C19H26N2O4S. The first-order valence-electron chi connectivity index (χ1n) is 9.24.